The molecule has 2 aliphatic rings. The van der Waals surface area contributed by atoms with E-state index in [-0.39, 0.29) is 0 Å². The molecular formula is C20H35F3N2O5. The number of aliphatic carboxylic acids is 1. The molecule has 0 aromatic rings. The molecule has 2 rings (SSSR count). The van der Waals surface area contributed by atoms with Gasteiger partial charge in [0, 0.05) is 59.3 Å². The van der Waals surface area contributed by atoms with Crippen LogP contribution in [-0.4, -0.2) is 93.1 Å². The van der Waals surface area contributed by atoms with Gasteiger partial charge in [-0.15, -0.1) is 0 Å². The van der Waals surface area contributed by atoms with Crippen LogP contribution < -0.4 is 0 Å². The zero-order valence-corrected chi connectivity index (χ0v) is 18.3. The Kier molecular flexibility index (Phi) is 10.5. The van der Waals surface area contributed by atoms with Gasteiger partial charge in [0.05, 0.1) is 13.2 Å². The summed E-state index contributed by atoms with van der Waals surface area (Å²) in [5.74, 6) is -1.41. The maximum absolute atomic E-state index is 12.3. The molecule has 0 radical (unpaired) electrons. The van der Waals surface area contributed by atoms with Gasteiger partial charge in [0.15, 0.2) is 0 Å². The molecule has 1 atom stereocenters. The maximum atomic E-state index is 12.3. The number of piperidine rings is 1. The molecule has 2 aliphatic heterocycles. The lowest BCUT2D eigenvalue weighted by Crippen LogP contribution is -2.47. The predicted molar refractivity (Wildman–Crippen MR) is 105 cm³/mol. The first-order valence-electron chi connectivity index (χ1n) is 10.2. The minimum absolute atomic E-state index is 0.318. The second-order valence-electron chi connectivity index (χ2n) is 8.52. The highest BCUT2D eigenvalue weighted by Crippen LogP contribution is 2.44. The number of carbonyl (C=O) groups excluding carboxylic acids is 1. The highest BCUT2D eigenvalue weighted by atomic mass is 19.4. The van der Waals surface area contributed by atoms with E-state index in [0.29, 0.717) is 29.6 Å². The number of carbonyl (C=O) groups is 2. The number of likely N-dealkylation sites (tertiary alicyclic amines) is 2. The van der Waals surface area contributed by atoms with E-state index >= 15 is 0 Å². The molecule has 1 spiro atoms. The molecule has 0 aromatic carbocycles. The lowest BCUT2D eigenvalue weighted by atomic mass is 9.71. The van der Waals surface area contributed by atoms with Gasteiger partial charge in [-0.1, -0.05) is 13.8 Å². The monoisotopic (exact) mass is 440 g/mol. The molecule has 0 aliphatic carbocycles. The lowest BCUT2D eigenvalue weighted by molar-refractivity contribution is -0.192. The Balaban J connectivity index is 0.000000553. The Bertz CT molecular complexity index is 549. The Morgan fingerprint density at radius 3 is 2.17 bits per heavy atom. The zero-order valence-electron chi connectivity index (χ0n) is 18.3. The number of methoxy groups -OCH3 is 2. The maximum Gasteiger partial charge on any atom is 0.490 e. The van der Waals surface area contributed by atoms with Crippen LogP contribution in [0.4, 0.5) is 13.2 Å². The van der Waals surface area contributed by atoms with E-state index in [1.807, 2.05) is 0 Å². The summed E-state index contributed by atoms with van der Waals surface area (Å²) >= 11 is 0. The number of hydrogen-bond acceptors (Lipinski definition) is 5. The molecule has 0 bridgehead atoms. The van der Waals surface area contributed by atoms with Crippen molar-refractivity contribution >= 4 is 11.9 Å². The molecule has 30 heavy (non-hydrogen) atoms. The fourth-order valence-electron chi connectivity index (χ4n) is 4.21. The fraction of sp³-hybridized carbons (Fsp3) is 0.900. The number of alkyl halides is 3. The summed E-state index contributed by atoms with van der Waals surface area (Å²) in [5.41, 5.74) is 0.318. The molecule has 0 aromatic heterocycles. The third-order valence-electron chi connectivity index (χ3n) is 5.80. The summed E-state index contributed by atoms with van der Waals surface area (Å²) in [7, 11) is 3.56. The van der Waals surface area contributed by atoms with E-state index in [0.717, 1.165) is 58.8 Å². The van der Waals surface area contributed by atoms with Crippen molar-refractivity contribution in [1.82, 2.24) is 9.80 Å². The molecule has 2 fully saturated rings. The first-order chi connectivity index (χ1) is 13.9. The van der Waals surface area contributed by atoms with Crippen molar-refractivity contribution in [3.05, 3.63) is 0 Å². The van der Waals surface area contributed by atoms with Crippen LogP contribution in [0.15, 0.2) is 0 Å². The highest BCUT2D eigenvalue weighted by Gasteiger charge is 2.48. The van der Waals surface area contributed by atoms with Gasteiger partial charge >= 0.3 is 12.1 Å². The second-order valence-corrected chi connectivity index (χ2v) is 8.52. The molecule has 1 unspecified atom stereocenters. The largest absolute Gasteiger partial charge is 0.490 e. The van der Waals surface area contributed by atoms with Crippen LogP contribution in [0.2, 0.25) is 0 Å². The molecule has 1 N–H and O–H groups in total. The van der Waals surface area contributed by atoms with Gasteiger partial charge in [0.1, 0.15) is 0 Å². The topological polar surface area (TPSA) is 79.3 Å². The molecule has 1 amide bonds. The number of ether oxygens (including phenoxy) is 2. The van der Waals surface area contributed by atoms with E-state index in [1.165, 1.54) is 0 Å². The molecule has 0 saturated carbocycles. The van der Waals surface area contributed by atoms with Crippen molar-refractivity contribution in [1.29, 1.82) is 0 Å². The van der Waals surface area contributed by atoms with Crippen molar-refractivity contribution < 1.29 is 37.3 Å². The zero-order chi connectivity index (χ0) is 22.9. The minimum atomic E-state index is -5.08. The van der Waals surface area contributed by atoms with Crippen LogP contribution in [0, 0.1) is 17.3 Å². The van der Waals surface area contributed by atoms with Crippen molar-refractivity contribution in [3.8, 4) is 0 Å². The summed E-state index contributed by atoms with van der Waals surface area (Å²) in [6.45, 7) is 10.9. The second kappa shape index (κ2) is 11.9. The fourth-order valence-corrected chi connectivity index (χ4v) is 4.21. The molecule has 2 heterocycles. The van der Waals surface area contributed by atoms with Crippen LogP contribution >= 0.6 is 0 Å². The van der Waals surface area contributed by atoms with E-state index < -0.39 is 12.1 Å². The Morgan fingerprint density at radius 1 is 1.17 bits per heavy atom. The number of carboxylic acid groups (broad SMARTS) is 1. The van der Waals surface area contributed by atoms with E-state index in [9.17, 15) is 18.0 Å². The first kappa shape index (κ1) is 26.6. The first-order valence-corrected chi connectivity index (χ1v) is 10.2. The predicted octanol–water partition coefficient (Wildman–Crippen LogP) is 2.50. The number of hydrogen-bond donors (Lipinski definition) is 1. The third kappa shape index (κ3) is 8.03. The van der Waals surface area contributed by atoms with E-state index in [4.69, 9.17) is 19.4 Å². The van der Waals surface area contributed by atoms with Crippen LogP contribution in [0.1, 0.15) is 33.1 Å². The van der Waals surface area contributed by atoms with Crippen LogP contribution in [-0.2, 0) is 19.1 Å². The highest BCUT2D eigenvalue weighted by molar-refractivity contribution is 5.76. The van der Waals surface area contributed by atoms with Gasteiger partial charge in [-0.3, -0.25) is 4.79 Å². The van der Waals surface area contributed by atoms with Crippen LogP contribution in [0.3, 0.4) is 0 Å². The minimum Gasteiger partial charge on any atom is -0.475 e. The standard InChI is InChI=1S/C18H34N2O3.C2HF3O2/c1-15(2)11-17(21)20-7-5-18(6-8-20)14-19(9-10-22-3)12-16(18)13-23-4;3-2(4,5)1(6)7/h15-16H,5-14H2,1-4H3;(H,6,7). The lowest BCUT2D eigenvalue weighted by Gasteiger charge is -2.42. The van der Waals surface area contributed by atoms with Gasteiger partial charge in [-0.25, -0.2) is 4.79 Å². The third-order valence-corrected chi connectivity index (χ3v) is 5.80. The van der Waals surface area contributed by atoms with Crippen LogP contribution in [0.25, 0.3) is 0 Å². The number of amides is 1. The van der Waals surface area contributed by atoms with E-state index in [1.54, 1.807) is 14.2 Å². The van der Waals surface area contributed by atoms with Gasteiger partial charge < -0.3 is 24.4 Å². The Hall–Kier alpha value is -1.39. The Morgan fingerprint density at radius 2 is 1.73 bits per heavy atom. The van der Waals surface area contributed by atoms with Crippen LogP contribution in [0.5, 0.6) is 0 Å². The smallest absolute Gasteiger partial charge is 0.475 e. The van der Waals surface area contributed by atoms with Gasteiger partial charge in [0.25, 0.3) is 0 Å². The van der Waals surface area contributed by atoms with Crippen molar-refractivity contribution in [2.45, 2.75) is 39.3 Å². The average molecular weight is 441 g/mol. The average Bonchev–Trinajstić information content (AvgIpc) is 2.97. The molecule has 176 valence electrons. The Labute approximate surface area is 176 Å². The van der Waals surface area contributed by atoms with Crippen molar-refractivity contribution in [2.24, 2.45) is 17.3 Å². The summed E-state index contributed by atoms with van der Waals surface area (Å²) < 4.78 is 42.5. The summed E-state index contributed by atoms with van der Waals surface area (Å²) in [5, 5.41) is 7.12. The summed E-state index contributed by atoms with van der Waals surface area (Å²) in [4.78, 5) is 25.8. The summed E-state index contributed by atoms with van der Waals surface area (Å²) in [6, 6.07) is 0. The number of carboxylic acids is 1. The van der Waals surface area contributed by atoms with Gasteiger partial charge in [-0.05, 0) is 24.2 Å². The van der Waals surface area contributed by atoms with E-state index in [2.05, 4.69) is 23.6 Å². The molecular weight excluding hydrogens is 405 g/mol. The summed E-state index contributed by atoms with van der Waals surface area (Å²) in [6.07, 6.45) is -2.20. The van der Waals surface area contributed by atoms with Crippen molar-refractivity contribution in [3.63, 3.8) is 0 Å². The SMILES string of the molecule is COCCN1CC(COC)C2(CCN(C(=O)CC(C)C)CC2)C1.O=C(O)C(F)(F)F. The normalized spacial score (nSPS) is 21.6. The van der Waals surface area contributed by atoms with Gasteiger partial charge in [0.2, 0.25) is 5.91 Å². The quantitative estimate of drug-likeness (QED) is 0.655. The van der Waals surface area contributed by atoms with Gasteiger partial charge in [-0.2, -0.15) is 13.2 Å². The molecule has 10 heteroatoms. The number of rotatable bonds is 7. The van der Waals surface area contributed by atoms with Crippen molar-refractivity contribution in [2.75, 3.05) is 60.2 Å². The number of halogens is 3. The molecule has 7 nitrogen and oxygen atoms in total. The number of nitrogens with zero attached hydrogens (tertiary/aromatic N) is 2. The molecule has 2 saturated heterocycles.